The molecule has 20 heavy (non-hydrogen) atoms. The minimum atomic E-state index is -3.69. The first kappa shape index (κ1) is 17.4. The van der Waals surface area contributed by atoms with E-state index in [2.05, 4.69) is 4.72 Å². The largest absolute Gasteiger partial charge is 0.481 e. The van der Waals surface area contributed by atoms with Crippen molar-refractivity contribution in [3.05, 3.63) is 0 Å². The molecule has 2 N–H and O–H groups in total. The second-order valence-electron chi connectivity index (χ2n) is 5.29. The van der Waals surface area contributed by atoms with Gasteiger partial charge in [0.2, 0.25) is 10.0 Å². The zero-order valence-corrected chi connectivity index (χ0v) is 13.0. The highest BCUT2D eigenvalue weighted by atomic mass is 32.2. The molecule has 0 aromatic carbocycles. The van der Waals surface area contributed by atoms with Crippen molar-refractivity contribution in [3.8, 4) is 0 Å². The molecule has 0 aromatic heterocycles. The van der Waals surface area contributed by atoms with Gasteiger partial charge in [-0.2, -0.15) is 0 Å². The fourth-order valence-electron chi connectivity index (χ4n) is 2.34. The Morgan fingerprint density at radius 2 is 1.75 bits per heavy atom. The van der Waals surface area contributed by atoms with Crippen LogP contribution in [0.5, 0.6) is 0 Å². The van der Waals surface area contributed by atoms with Crippen molar-refractivity contribution < 1.29 is 26.7 Å². The Kier molecular flexibility index (Phi) is 5.96. The standard InChI is InChI=1S/C11H21NO6S2/c1-19(15,16)6-7-20(17,18)12-8-9-4-2-3-5-10(9)11(13)14/h9-10,12H,2-8H2,1H3,(H,13,14). The highest BCUT2D eigenvalue weighted by Gasteiger charge is 2.31. The molecule has 0 aromatic rings. The maximum atomic E-state index is 11.7. The maximum Gasteiger partial charge on any atom is 0.306 e. The summed E-state index contributed by atoms with van der Waals surface area (Å²) >= 11 is 0. The SMILES string of the molecule is CS(=O)(=O)CCS(=O)(=O)NCC1CCCCC1C(=O)O. The Labute approximate surface area is 119 Å². The lowest BCUT2D eigenvalue weighted by Crippen LogP contribution is -2.38. The molecular formula is C11H21NO6S2. The van der Waals surface area contributed by atoms with E-state index in [1.807, 2.05) is 0 Å². The number of sulfone groups is 1. The summed E-state index contributed by atoms with van der Waals surface area (Å²) in [6.45, 7) is 0.0586. The molecule has 2 atom stereocenters. The molecular weight excluding hydrogens is 306 g/mol. The van der Waals surface area contributed by atoms with E-state index < -0.39 is 43.3 Å². The average Bonchev–Trinajstić information content (AvgIpc) is 2.34. The number of nitrogens with one attached hydrogen (secondary N) is 1. The van der Waals surface area contributed by atoms with Crippen LogP contribution < -0.4 is 4.72 Å². The Morgan fingerprint density at radius 3 is 2.30 bits per heavy atom. The van der Waals surface area contributed by atoms with Crippen LogP contribution >= 0.6 is 0 Å². The lowest BCUT2D eigenvalue weighted by atomic mass is 9.79. The number of rotatable bonds is 7. The molecule has 1 aliphatic carbocycles. The van der Waals surface area contributed by atoms with Gasteiger partial charge in [0.05, 0.1) is 17.4 Å². The van der Waals surface area contributed by atoms with E-state index in [0.717, 1.165) is 19.1 Å². The van der Waals surface area contributed by atoms with E-state index in [0.29, 0.717) is 12.8 Å². The van der Waals surface area contributed by atoms with Crippen LogP contribution in [0, 0.1) is 11.8 Å². The van der Waals surface area contributed by atoms with Gasteiger partial charge in [-0.3, -0.25) is 4.79 Å². The Morgan fingerprint density at radius 1 is 1.15 bits per heavy atom. The molecule has 9 heteroatoms. The molecule has 1 fully saturated rings. The van der Waals surface area contributed by atoms with Crippen LogP contribution in [0.25, 0.3) is 0 Å². The first-order chi connectivity index (χ1) is 9.11. The number of hydrogen-bond acceptors (Lipinski definition) is 5. The fraction of sp³-hybridized carbons (Fsp3) is 0.909. The number of carboxylic acids is 1. The smallest absolute Gasteiger partial charge is 0.306 e. The zero-order valence-electron chi connectivity index (χ0n) is 11.4. The van der Waals surface area contributed by atoms with Crippen molar-refractivity contribution in [2.75, 3.05) is 24.3 Å². The summed E-state index contributed by atoms with van der Waals surface area (Å²) in [4.78, 5) is 11.1. The lowest BCUT2D eigenvalue weighted by Gasteiger charge is -2.28. The molecule has 118 valence electrons. The topological polar surface area (TPSA) is 118 Å². The monoisotopic (exact) mass is 327 g/mol. The number of carbonyl (C=O) groups is 1. The van der Waals surface area contributed by atoms with Crippen LogP contribution in [0.4, 0.5) is 0 Å². The summed E-state index contributed by atoms with van der Waals surface area (Å²) in [6, 6.07) is 0. The molecule has 0 saturated heterocycles. The van der Waals surface area contributed by atoms with E-state index in [-0.39, 0.29) is 12.5 Å². The molecule has 0 bridgehead atoms. The first-order valence-corrected chi connectivity index (χ1v) is 10.2. The maximum absolute atomic E-state index is 11.7. The predicted molar refractivity (Wildman–Crippen MR) is 74.6 cm³/mol. The minimum Gasteiger partial charge on any atom is -0.481 e. The fourth-order valence-corrected chi connectivity index (χ4v) is 5.05. The van der Waals surface area contributed by atoms with Crippen molar-refractivity contribution in [3.63, 3.8) is 0 Å². The van der Waals surface area contributed by atoms with E-state index >= 15 is 0 Å². The predicted octanol–water partition coefficient (Wildman–Crippen LogP) is -0.159. The Bertz CT molecular complexity index is 539. The lowest BCUT2D eigenvalue weighted by molar-refractivity contribution is -0.144. The summed E-state index contributed by atoms with van der Waals surface area (Å²) in [5.74, 6) is -2.58. The van der Waals surface area contributed by atoms with Gasteiger partial charge in [0, 0.05) is 12.8 Å². The van der Waals surface area contributed by atoms with Crippen LogP contribution in [0.2, 0.25) is 0 Å². The van der Waals surface area contributed by atoms with Gasteiger partial charge in [0.15, 0.2) is 0 Å². The van der Waals surface area contributed by atoms with Crippen molar-refractivity contribution in [2.24, 2.45) is 11.8 Å². The average molecular weight is 327 g/mol. The van der Waals surface area contributed by atoms with Gasteiger partial charge in [-0.05, 0) is 18.8 Å². The van der Waals surface area contributed by atoms with Crippen LogP contribution in [-0.4, -0.2) is 52.2 Å². The van der Waals surface area contributed by atoms with Crippen molar-refractivity contribution in [1.29, 1.82) is 0 Å². The molecule has 0 aliphatic heterocycles. The summed E-state index contributed by atoms with van der Waals surface area (Å²) in [5, 5.41) is 9.09. The van der Waals surface area contributed by atoms with Gasteiger partial charge in [-0.1, -0.05) is 12.8 Å². The van der Waals surface area contributed by atoms with Gasteiger partial charge in [0.1, 0.15) is 9.84 Å². The van der Waals surface area contributed by atoms with Crippen LogP contribution in [-0.2, 0) is 24.7 Å². The van der Waals surface area contributed by atoms with Crippen molar-refractivity contribution >= 4 is 25.8 Å². The molecule has 1 saturated carbocycles. The molecule has 7 nitrogen and oxygen atoms in total. The third kappa shape index (κ3) is 6.19. The van der Waals surface area contributed by atoms with E-state index in [1.54, 1.807) is 0 Å². The molecule has 1 aliphatic rings. The van der Waals surface area contributed by atoms with Crippen LogP contribution in [0.15, 0.2) is 0 Å². The molecule has 0 heterocycles. The highest BCUT2D eigenvalue weighted by molar-refractivity contribution is 7.93. The zero-order chi connectivity index (χ0) is 15.4. The van der Waals surface area contributed by atoms with E-state index in [9.17, 15) is 21.6 Å². The van der Waals surface area contributed by atoms with Crippen molar-refractivity contribution in [2.45, 2.75) is 25.7 Å². The van der Waals surface area contributed by atoms with Crippen LogP contribution in [0.3, 0.4) is 0 Å². The highest BCUT2D eigenvalue weighted by Crippen LogP contribution is 2.29. The van der Waals surface area contributed by atoms with Gasteiger partial charge in [-0.15, -0.1) is 0 Å². The normalized spacial score (nSPS) is 24.4. The third-order valence-electron chi connectivity index (χ3n) is 3.51. The third-order valence-corrected chi connectivity index (χ3v) is 6.07. The second kappa shape index (κ2) is 6.86. The van der Waals surface area contributed by atoms with Gasteiger partial charge in [0.25, 0.3) is 0 Å². The Hall–Kier alpha value is -0.670. The van der Waals surface area contributed by atoms with Crippen LogP contribution in [0.1, 0.15) is 25.7 Å². The first-order valence-electron chi connectivity index (χ1n) is 6.48. The Balaban J connectivity index is 2.54. The molecule has 0 spiro atoms. The number of carboxylic acid groups (broad SMARTS) is 1. The number of sulfonamides is 1. The molecule has 2 unspecified atom stereocenters. The molecule has 1 rings (SSSR count). The minimum absolute atomic E-state index is 0.0586. The van der Waals surface area contributed by atoms with E-state index in [1.165, 1.54) is 0 Å². The van der Waals surface area contributed by atoms with Gasteiger partial charge in [-0.25, -0.2) is 21.6 Å². The summed E-state index contributed by atoms with van der Waals surface area (Å²) in [5.41, 5.74) is 0. The van der Waals surface area contributed by atoms with Crippen molar-refractivity contribution in [1.82, 2.24) is 4.72 Å². The summed E-state index contributed by atoms with van der Waals surface area (Å²) < 4.78 is 47.6. The molecule has 0 radical (unpaired) electrons. The molecule has 0 amide bonds. The number of aliphatic carboxylic acids is 1. The van der Waals surface area contributed by atoms with Gasteiger partial charge < -0.3 is 5.11 Å². The summed E-state index contributed by atoms with van der Waals surface area (Å²) in [6.07, 6.45) is 3.94. The second-order valence-corrected chi connectivity index (χ2v) is 9.47. The quantitative estimate of drug-likeness (QED) is 0.671. The summed E-state index contributed by atoms with van der Waals surface area (Å²) in [7, 11) is -7.02. The van der Waals surface area contributed by atoms with E-state index in [4.69, 9.17) is 5.11 Å². The van der Waals surface area contributed by atoms with Gasteiger partial charge >= 0.3 is 5.97 Å². The number of hydrogen-bond donors (Lipinski definition) is 2.